The first-order chi connectivity index (χ1) is 9.17. The Balaban J connectivity index is 0.00000200. The van der Waals surface area contributed by atoms with Gasteiger partial charge in [0.1, 0.15) is 5.82 Å². The highest BCUT2D eigenvalue weighted by Gasteiger charge is 2.08. The van der Waals surface area contributed by atoms with Gasteiger partial charge in [0.05, 0.1) is 23.7 Å². The summed E-state index contributed by atoms with van der Waals surface area (Å²) in [5, 5.41) is 6.11. The number of anilines is 2. The fraction of sp³-hybridized carbons (Fsp3) is 0.250. The highest BCUT2D eigenvalue weighted by Crippen LogP contribution is 2.20. The molecule has 0 saturated carbocycles. The first-order valence-corrected chi connectivity index (χ1v) is 6.91. The van der Waals surface area contributed by atoms with Crippen LogP contribution in [0.15, 0.2) is 23.7 Å². The van der Waals surface area contributed by atoms with Crippen molar-refractivity contribution >= 4 is 52.3 Å². The molecule has 2 aromatic rings. The van der Waals surface area contributed by atoms with E-state index in [1.54, 1.807) is 25.3 Å². The number of nitrogens with one attached hydrogen (secondary N) is 1. The Morgan fingerprint density at radius 3 is 2.95 bits per heavy atom. The number of hydrogen-bond acceptors (Lipinski definition) is 6. The highest BCUT2D eigenvalue weighted by atomic mass is 35.5. The molecular weight excluding hydrogens is 321 g/mol. The Kier molecular flexibility index (Phi) is 6.70. The summed E-state index contributed by atoms with van der Waals surface area (Å²) in [6.45, 7) is 2.15. The van der Waals surface area contributed by atoms with E-state index in [4.69, 9.17) is 16.3 Å². The Bertz CT molecular complexity index is 560. The van der Waals surface area contributed by atoms with Gasteiger partial charge in [-0.15, -0.1) is 23.7 Å². The van der Waals surface area contributed by atoms with Crippen molar-refractivity contribution in [2.24, 2.45) is 0 Å². The van der Waals surface area contributed by atoms with E-state index in [1.165, 1.54) is 11.3 Å². The maximum absolute atomic E-state index is 11.3. The molecule has 20 heavy (non-hydrogen) atoms. The summed E-state index contributed by atoms with van der Waals surface area (Å²) in [6.07, 6.45) is 1.73. The summed E-state index contributed by atoms with van der Waals surface area (Å²) in [5.41, 5.74) is 0.680. The monoisotopic (exact) mass is 333 g/mol. The molecule has 5 nitrogen and oxygen atoms in total. The van der Waals surface area contributed by atoms with Gasteiger partial charge in [0.25, 0.3) is 0 Å². The number of esters is 1. The highest BCUT2D eigenvalue weighted by molar-refractivity contribution is 7.13. The molecule has 2 aromatic heterocycles. The van der Waals surface area contributed by atoms with Gasteiger partial charge in [0.15, 0.2) is 5.13 Å². The minimum Gasteiger partial charge on any atom is -0.466 e. The molecule has 0 saturated heterocycles. The van der Waals surface area contributed by atoms with Crippen LogP contribution in [0.5, 0.6) is 0 Å². The van der Waals surface area contributed by atoms with Crippen molar-refractivity contribution in [3.05, 3.63) is 34.4 Å². The third-order valence-electron chi connectivity index (χ3n) is 2.14. The first kappa shape index (κ1) is 16.7. The number of pyridine rings is 1. The quantitative estimate of drug-likeness (QED) is 0.849. The fourth-order valence-electron chi connectivity index (χ4n) is 1.36. The standard InChI is InChI=1S/C12H12ClN3O2S.ClH/c1-2-18-11(17)5-9-7-19-12(15-9)16-10-4-3-8(13)6-14-10;/h3-4,6-7H,2,5H2,1H3,(H,14,15,16);1H. The number of ether oxygens (including phenoxy) is 1. The molecule has 0 aliphatic rings. The van der Waals surface area contributed by atoms with Crippen molar-refractivity contribution in [2.45, 2.75) is 13.3 Å². The zero-order chi connectivity index (χ0) is 13.7. The van der Waals surface area contributed by atoms with Gasteiger partial charge in [-0.2, -0.15) is 0 Å². The van der Waals surface area contributed by atoms with Crippen LogP contribution >= 0.6 is 35.3 Å². The van der Waals surface area contributed by atoms with Crippen molar-refractivity contribution in [3.8, 4) is 0 Å². The molecule has 0 aliphatic heterocycles. The van der Waals surface area contributed by atoms with Crippen LogP contribution in [0.25, 0.3) is 0 Å². The van der Waals surface area contributed by atoms with Crippen LogP contribution in [0.2, 0.25) is 5.02 Å². The number of nitrogens with zero attached hydrogens (tertiary/aromatic N) is 2. The molecule has 108 valence electrons. The van der Waals surface area contributed by atoms with E-state index in [-0.39, 0.29) is 24.8 Å². The first-order valence-electron chi connectivity index (χ1n) is 5.66. The van der Waals surface area contributed by atoms with E-state index >= 15 is 0 Å². The summed E-state index contributed by atoms with van der Waals surface area (Å²) >= 11 is 7.16. The molecule has 0 atom stereocenters. The molecular formula is C12H13Cl2N3O2S. The van der Waals surface area contributed by atoms with Gasteiger partial charge in [-0.3, -0.25) is 4.79 Å². The number of hydrogen-bond donors (Lipinski definition) is 1. The predicted molar refractivity (Wildman–Crippen MR) is 82.2 cm³/mol. The van der Waals surface area contributed by atoms with Crippen LogP contribution in [0.4, 0.5) is 10.9 Å². The van der Waals surface area contributed by atoms with E-state index < -0.39 is 0 Å². The lowest BCUT2D eigenvalue weighted by Crippen LogP contribution is -2.07. The lowest BCUT2D eigenvalue weighted by molar-refractivity contribution is -0.142. The molecule has 0 spiro atoms. The van der Waals surface area contributed by atoms with Crippen molar-refractivity contribution < 1.29 is 9.53 Å². The third kappa shape index (κ3) is 4.96. The SMILES string of the molecule is CCOC(=O)Cc1csc(Nc2ccc(Cl)cn2)n1.Cl. The molecule has 2 rings (SSSR count). The second-order valence-corrected chi connectivity index (χ2v) is 4.91. The summed E-state index contributed by atoms with van der Waals surface area (Å²) in [6, 6.07) is 3.50. The van der Waals surface area contributed by atoms with E-state index in [2.05, 4.69) is 15.3 Å². The number of halogens is 2. The van der Waals surface area contributed by atoms with Gasteiger partial charge in [0.2, 0.25) is 0 Å². The van der Waals surface area contributed by atoms with Crippen molar-refractivity contribution in [1.29, 1.82) is 0 Å². The zero-order valence-corrected chi connectivity index (χ0v) is 13.0. The molecule has 0 aromatic carbocycles. The molecule has 0 aliphatic carbocycles. The van der Waals surface area contributed by atoms with Crippen molar-refractivity contribution in [3.63, 3.8) is 0 Å². The minimum atomic E-state index is -0.274. The number of rotatable bonds is 5. The summed E-state index contributed by atoms with van der Waals surface area (Å²) in [4.78, 5) is 19.7. The third-order valence-corrected chi connectivity index (χ3v) is 3.18. The Morgan fingerprint density at radius 1 is 1.50 bits per heavy atom. The van der Waals surface area contributed by atoms with Crippen LogP contribution in [0.3, 0.4) is 0 Å². The maximum atomic E-state index is 11.3. The average molecular weight is 334 g/mol. The van der Waals surface area contributed by atoms with Crippen LogP contribution in [0.1, 0.15) is 12.6 Å². The van der Waals surface area contributed by atoms with Gasteiger partial charge in [0, 0.05) is 11.6 Å². The van der Waals surface area contributed by atoms with E-state index in [9.17, 15) is 4.79 Å². The molecule has 0 bridgehead atoms. The molecule has 0 amide bonds. The molecule has 1 N–H and O–H groups in total. The molecule has 8 heteroatoms. The second-order valence-electron chi connectivity index (χ2n) is 3.61. The second kappa shape index (κ2) is 8.04. The number of thiazole rings is 1. The smallest absolute Gasteiger partial charge is 0.311 e. The van der Waals surface area contributed by atoms with Gasteiger partial charge >= 0.3 is 5.97 Å². The molecule has 0 unspecified atom stereocenters. The van der Waals surface area contributed by atoms with Crippen LogP contribution in [0, 0.1) is 0 Å². The largest absolute Gasteiger partial charge is 0.466 e. The van der Waals surface area contributed by atoms with Gasteiger partial charge in [-0.25, -0.2) is 9.97 Å². The predicted octanol–water partition coefficient (Wildman–Crippen LogP) is 3.46. The number of aromatic nitrogens is 2. The normalized spacial score (nSPS) is 9.70. The number of carbonyl (C=O) groups excluding carboxylic acids is 1. The summed E-state index contributed by atoms with van der Waals surface area (Å²) in [5.74, 6) is 0.380. The lowest BCUT2D eigenvalue weighted by atomic mass is 10.3. The summed E-state index contributed by atoms with van der Waals surface area (Å²) < 4.78 is 4.86. The Labute approximate surface area is 131 Å². The Hall–Kier alpha value is -1.37. The Morgan fingerprint density at radius 2 is 2.30 bits per heavy atom. The number of carbonyl (C=O) groups is 1. The topological polar surface area (TPSA) is 64.1 Å². The van der Waals surface area contributed by atoms with Gasteiger partial charge < -0.3 is 10.1 Å². The molecule has 2 heterocycles. The zero-order valence-electron chi connectivity index (χ0n) is 10.6. The van der Waals surface area contributed by atoms with E-state index in [0.717, 1.165) is 0 Å². The van der Waals surface area contributed by atoms with Crippen LogP contribution in [-0.4, -0.2) is 22.5 Å². The molecule has 0 radical (unpaired) electrons. The lowest BCUT2D eigenvalue weighted by Gasteiger charge is -2.01. The minimum absolute atomic E-state index is 0. The summed E-state index contributed by atoms with van der Waals surface area (Å²) in [7, 11) is 0. The van der Waals surface area contributed by atoms with Crippen LogP contribution < -0.4 is 5.32 Å². The van der Waals surface area contributed by atoms with Crippen molar-refractivity contribution in [2.75, 3.05) is 11.9 Å². The van der Waals surface area contributed by atoms with Crippen molar-refractivity contribution in [1.82, 2.24) is 9.97 Å². The van der Waals surface area contributed by atoms with Gasteiger partial charge in [-0.1, -0.05) is 11.6 Å². The fourth-order valence-corrected chi connectivity index (χ4v) is 2.19. The van der Waals surface area contributed by atoms with E-state index in [0.29, 0.717) is 28.3 Å². The molecule has 0 fully saturated rings. The van der Waals surface area contributed by atoms with Gasteiger partial charge in [-0.05, 0) is 19.1 Å². The van der Waals surface area contributed by atoms with E-state index in [1.807, 2.05) is 5.38 Å². The van der Waals surface area contributed by atoms with Crippen LogP contribution in [-0.2, 0) is 16.0 Å². The average Bonchev–Trinajstić information content (AvgIpc) is 2.80. The maximum Gasteiger partial charge on any atom is 0.311 e.